The van der Waals surface area contributed by atoms with Gasteiger partial charge in [0.25, 0.3) is 5.91 Å². The summed E-state index contributed by atoms with van der Waals surface area (Å²) in [5.41, 5.74) is 6.51. The predicted molar refractivity (Wildman–Crippen MR) is 81.2 cm³/mol. The van der Waals surface area contributed by atoms with E-state index in [1.54, 1.807) is 18.2 Å². The normalized spacial score (nSPS) is 14.4. The van der Waals surface area contributed by atoms with Gasteiger partial charge in [0, 0.05) is 11.2 Å². The van der Waals surface area contributed by atoms with Gasteiger partial charge >= 0.3 is 0 Å². The molecule has 0 atom stereocenters. The van der Waals surface area contributed by atoms with Crippen molar-refractivity contribution >= 4 is 23.2 Å². The first-order valence-corrected chi connectivity index (χ1v) is 6.96. The summed E-state index contributed by atoms with van der Waals surface area (Å²) in [5, 5.41) is 2.91. The van der Waals surface area contributed by atoms with Crippen LogP contribution in [-0.4, -0.2) is 30.5 Å². The Labute approximate surface area is 124 Å². The number of nitrogens with one attached hydrogen (secondary N) is 1. The molecule has 1 aliphatic rings. The third-order valence-corrected chi connectivity index (χ3v) is 3.59. The van der Waals surface area contributed by atoms with Gasteiger partial charge in [0.2, 0.25) is 5.91 Å². The van der Waals surface area contributed by atoms with E-state index in [0.717, 1.165) is 6.42 Å². The number of benzene rings is 1. The summed E-state index contributed by atoms with van der Waals surface area (Å²) in [6, 6.07) is 5.05. The number of ether oxygens (including phenoxy) is 1. The lowest BCUT2D eigenvalue weighted by Gasteiger charge is -2.31. The van der Waals surface area contributed by atoms with E-state index in [4.69, 9.17) is 10.5 Å². The Morgan fingerprint density at radius 2 is 2.19 bits per heavy atom. The maximum absolute atomic E-state index is 12.1. The average molecular weight is 291 g/mol. The summed E-state index contributed by atoms with van der Waals surface area (Å²) < 4.78 is 5.35. The molecular weight excluding hydrogens is 270 g/mol. The van der Waals surface area contributed by atoms with Crippen LogP contribution in [0.1, 0.15) is 27.2 Å². The summed E-state index contributed by atoms with van der Waals surface area (Å²) in [7, 11) is 0. The first kappa shape index (κ1) is 15.2. The molecule has 0 saturated heterocycles. The zero-order valence-corrected chi connectivity index (χ0v) is 12.6. The SMILES string of the molecule is CCC(C)(C)NC(=O)CN1C(=O)COc2ccc(N)cc21. The van der Waals surface area contributed by atoms with Crippen molar-refractivity contribution in [2.24, 2.45) is 0 Å². The van der Waals surface area contributed by atoms with Crippen molar-refractivity contribution in [3.05, 3.63) is 18.2 Å². The van der Waals surface area contributed by atoms with Crippen LogP contribution in [0.2, 0.25) is 0 Å². The number of nitrogens with zero attached hydrogens (tertiary/aromatic N) is 1. The Kier molecular flexibility index (Phi) is 4.06. The minimum Gasteiger partial charge on any atom is -0.482 e. The van der Waals surface area contributed by atoms with Crippen LogP contribution < -0.4 is 20.7 Å². The number of amides is 2. The molecule has 0 bridgehead atoms. The molecule has 6 nitrogen and oxygen atoms in total. The standard InChI is InChI=1S/C15H21N3O3/c1-4-15(2,3)17-13(19)8-18-11-7-10(16)5-6-12(11)21-9-14(18)20/h5-7H,4,8-9,16H2,1-3H3,(H,17,19). The van der Waals surface area contributed by atoms with Gasteiger partial charge in [0.05, 0.1) is 5.69 Å². The highest BCUT2D eigenvalue weighted by atomic mass is 16.5. The second-order valence-corrected chi connectivity index (χ2v) is 5.78. The zero-order chi connectivity index (χ0) is 15.6. The minimum atomic E-state index is -0.301. The summed E-state index contributed by atoms with van der Waals surface area (Å²) >= 11 is 0. The van der Waals surface area contributed by atoms with Crippen molar-refractivity contribution in [3.63, 3.8) is 0 Å². The van der Waals surface area contributed by atoms with Gasteiger partial charge in [0.1, 0.15) is 12.3 Å². The Bertz CT molecular complexity index is 569. The van der Waals surface area contributed by atoms with Crippen LogP contribution in [0.15, 0.2) is 18.2 Å². The molecule has 3 N–H and O–H groups in total. The quantitative estimate of drug-likeness (QED) is 0.819. The van der Waals surface area contributed by atoms with Crippen molar-refractivity contribution in [2.75, 3.05) is 23.8 Å². The summed E-state index contributed by atoms with van der Waals surface area (Å²) in [4.78, 5) is 25.6. The fourth-order valence-corrected chi connectivity index (χ4v) is 2.04. The van der Waals surface area contributed by atoms with E-state index in [-0.39, 0.29) is 30.5 Å². The molecule has 0 aromatic heterocycles. The summed E-state index contributed by atoms with van der Waals surface area (Å²) in [6.45, 7) is 5.77. The second kappa shape index (κ2) is 5.63. The van der Waals surface area contributed by atoms with Crippen molar-refractivity contribution in [1.29, 1.82) is 0 Å². The van der Waals surface area contributed by atoms with Gasteiger partial charge in [0.15, 0.2) is 6.61 Å². The predicted octanol–water partition coefficient (Wildman–Crippen LogP) is 1.30. The topological polar surface area (TPSA) is 84.7 Å². The molecular formula is C15H21N3O3. The lowest BCUT2D eigenvalue weighted by molar-refractivity contribution is -0.126. The Balaban J connectivity index is 2.18. The average Bonchev–Trinajstić information content (AvgIpc) is 2.41. The molecule has 1 heterocycles. The Morgan fingerprint density at radius 1 is 1.48 bits per heavy atom. The molecule has 1 aromatic rings. The number of hydrogen-bond acceptors (Lipinski definition) is 4. The molecule has 114 valence electrons. The lowest BCUT2D eigenvalue weighted by Crippen LogP contribution is -2.50. The number of nitrogen functional groups attached to an aromatic ring is 1. The van der Waals surface area contributed by atoms with Crippen molar-refractivity contribution < 1.29 is 14.3 Å². The van der Waals surface area contributed by atoms with Crippen LogP contribution in [0.4, 0.5) is 11.4 Å². The molecule has 0 fully saturated rings. The molecule has 2 amide bonds. The number of nitrogens with two attached hydrogens (primary N) is 1. The molecule has 21 heavy (non-hydrogen) atoms. The zero-order valence-electron chi connectivity index (χ0n) is 12.6. The molecule has 0 aliphatic carbocycles. The third kappa shape index (κ3) is 3.45. The number of carbonyl (C=O) groups is 2. The maximum Gasteiger partial charge on any atom is 0.265 e. The number of fused-ring (bicyclic) bond motifs is 1. The molecule has 0 spiro atoms. The Morgan fingerprint density at radius 3 is 2.86 bits per heavy atom. The van der Waals surface area contributed by atoms with Gasteiger partial charge in [-0.15, -0.1) is 0 Å². The van der Waals surface area contributed by atoms with E-state index in [1.807, 2.05) is 20.8 Å². The number of hydrogen-bond donors (Lipinski definition) is 2. The maximum atomic E-state index is 12.1. The van der Waals surface area contributed by atoms with Crippen molar-refractivity contribution in [2.45, 2.75) is 32.7 Å². The molecule has 0 saturated carbocycles. The highest BCUT2D eigenvalue weighted by molar-refractivity contribution is 6.02. The van der Waals surface area contributed by atoms with Gasteiger partial charge in [-0.3, -0.25) is 14.5 Å². The first-order valence-electron chi connectivity index (χ1n) is 6.96. The number of rotatable bonds is 4. The molecule has 0 radical (unpaired) electrons. The van der Waals surface area contributed by atoms with Crippen molar-refractivity contribution in [1.82, 2.24) is 5.32 Å². The second-order valence-electron chi connectivity index (χ2n) is 5.78. The van der Waals surface area contributed by atoms with E-state index >= 15 is 0 Å². The van der Waals surface area contributed by atoms with Crippen LogP contribution in [-0.2, 0) is 9.59 Å². The monoisotopic (exact) mass is 291 g/mol. The van der Waals surface area contributed by atoms with Crippen LogP contribution in [0.3, 0.4) is 0 Å². The largest absolute Gasteiger partial charge is 0.482 e. The minimum absolute atomic E-state index is 0.0396. The van der Waals surface area contributed by atoms with Crippen LogP contribution >= 0.6 is 0 Å². The van der Waals surface area contributed by atoms with Crippen LogP contribution in [0.5, 0.6) is 5.75 Å². The number of anilines is 2. The van der Waals surface area contributed by atoms with Gasteiger partial charge in [-0.1, -0.05) is 6.92 Å². The van der Waals surface area contributed by atoms with E-state index in [0.29, 0.717) is 17.1 Å². The molecule has 1 aliphatic heterocycles. The number of carbonyl (C=O) groups excluding carboxylic acids is 2. The van der Waals surface area contributed by atoms with Crippen LogP contribution in [0, 0.1) is 0 Å². The molecule has 2 rings (SSSR count). The highest BCUT2D eigenvalue weighted by Gasteiger charge is 2.28. The summed E-state index contributed by atoms with van der Waals surface area (Å²) in [5.74, 6) is 0.106. The molecule has 6 heteroatoms. The van der Waals surface area contributed by atoms with Crippen molar-refractivity contribution in [3.8, 4) is 5.75 Å². The fraction of sp³-hybridized carbons (Fsp3) is 0.467. The van der Waals surface area contributed by atoms with Gasteiger partial charge < -0.3 is 15.8 Å². The highest BCUT2D eigenvalue weighted by Crippen LogP contribution is 2.33. The first-order chi connectivity index (χ1) is 9.82. The van der Waals surface area contributed by atoms with E-state index in [2.05, 4.69) is 5.32 Å². The fourth-order valence-electron chi connectivity index (χ4n) is 2.04. The summed E-state index contributed by atoms with van der Waals surface area (Å²) in [6.07, 6.45) is 0.805. The Hall–Kier alpha value is -2.24. The van der Waals surface area contributed by atoms with Gasteiger partial charge in [-0.25, -0.2) is 0 Å². The van der Waals surface area contributed by atoms with Gasteiger partial charge in [-0.05, 0) is 38.5 Å². The third-order valence-electron chi connectivity index (χ3n) is 3.59. The molecule has 1 aromatic carbocycles. The molecule has 0 unspecified atom stereocenters. The van der Waals surface area contributed by atoms with E-state index < -0.39 is 0 Å². The smallest absolute Gasteiger partial charge is 0.265 e. The lowest BCUT2D eigenvalue weighted by atomic mass is 10.0. The van der Waals surface area contributed by atoms with Crippen LogP contribution in [0.25, 0.3) is 0 Å². The van der Waals surface area contributed by atoms with E-state index in [1.165, 1.54) is 4.90 Å². The van der Waals surface area contributed by atoms with E-state index in [9.17, 15) is 9.59 Å². The van der Waals surface area contributed by atoms with Gasteiger partial charge in [-0.2, -0.15) is 0 Å².